The van der Waals surface area contributed by atoms with E-state index in [1.54, 1.807) is 25.0 Å². The number of hydrogen-bond donors (Lipinski definition) is 5. The molecule has 0 fully saturated rings. The van der Waals surface area contributed by atoms with Gasteiger partial charge in [-0.3, -0.25) is 18.7 Å². The number of ether oxygens (including phenoxy) is 4. The number of fused-ring (bicyclic) bond motifs is 3. The molecule has 20 heteroatoms. The maximum Gasteiger partial charge on any atom is 0.303 e. The van der Waals surface area contributed by atoms with E-state index < -0.39 is 5.97 Å². The highest BCUT2D eigenvalue weighted by atomic mass is 35.5. The molecule has 6 N–H and O–H groups in total. The molecule has 3 aliphatic heterocycles. The lowest BCUT2D eigenvalue weighted by molar-refractivity contribution is -0.137. The highest BCUT2D eigenvalue weighted by Crippen LogP contribution is 2.25. The minimum absolute atomic E-state index is 0. The van der Waals surface area contributed by atoms with Crippen LogP contribution < -0.4 is 40.6 Å². The number of nitrogens with zero attached hydrogens (tertiary/aromatic N) is 8. The van der Waals surface area contributed by atoms with Crippen molar-refractivity contribution in [1.82, 2.24) is 44.4 Å². The molecule has 11 rings (SSSR count). The van der Waals surface area contributed by atoms with E-state index in [-0.39, 0.29) is 24.7 Å². The Labute approximate surface area is 397 Å². The molecular formula is C48H51ClN12O7. The van der Waals surface area contributed by atoms with E-state index in [0.717, 1.165) is 52.8 Å². The van der Waals surface area contributed by atoms with E-state index in [4.69, 9.17) is 29.8 Å². The van der Waals surface area contributed by atoms with Gasteiger partial charge in [0, 0.05) is 42.1 Å². The maximum atomic E-state index is 12.0. The smallest absolute Gasteiger partial charge is 0.303 e. The molecule has 4 aromatic carbocycles. The average Bonchev–Trinajstić information content (AvgIpc) is 3.97. The topological polar surface area (TPSA) is 241 Å². The fourth-order valence-electron chi connectivity index (χ4n) is 6.74. The quantitative estimate of drug-likeness (QED) is 0.0742. The first kappa shape index (κ1) is 47.9. The van der Waals surface area contributed by atoms with E-state index in [9.17, 15) is 9.59 Å². The lowest BCUT2D eigenvalue weighted by atomic mass is 10.3. The van der Waals surface area contributed by atoms with E-state index in [1.165, 1.54) is 0 Å². The van der Waals surface area contributed by atoms with Gasteiger partial charge in [0.15, 0.2) is 11.3 Å². The number of nitrogens with two attached hydrogens (primary N) is 1. The van der Waals surface area contributed by atoms with Crippen LogP contribution in [0.15, 0.2) is 122 Å². The van der Waals surface area contributed by atoms with Crippen molar-refractivity contribution in [1.29, 1.82) is 0 Å². The Bertz CT molecular complexity index is 2860. The number of benzene rings is 4. The first-order chi connectivity index (χ1) is 32.9. The molecule has 0 spiro atoms. The zero-order valence-corrected chi connectivity index (χ0v) is 37.8. The first-order valence-electron chi connectivity index (χ1n) is 21.9. The summed E-state index contributed by atoms with van der Waals surface area (Å²) in [5, 5.41) is 18.1. The van der Waals surface area contributed by atoms with Crippen LogP contribution in [0.25, 0.3) is 33.7 Å². The minimum atomic E-state index is -0.828. The van der Waals surface area contributed by atoms with Crippen LogP contribution in [0.4, 0.5) is 23.3 Å². The Hall–Kier alpha value is -8.03. The number of halogens is 1. The summed E-state index contributed by atoms with van der Waals surface area (Å²) in [4.78, 5) is 49.4. The molecule has 0 aliphatic carbocycles. The van der Waals surface area contributed by atoms with Gasteiger partial charge in [0.1, 0.15) is 46.7 Å². The second kappa shape index (κ2) is 23.9. The van der Waals surface area contributed by atoms with Crippen LogP contribution in [0, 0.1) is 0 Å². The SMILES string of the molecule is Cl.NCCCOc1ccc(Nc2ncc3ncn(-c4ccc(OCCCC(=O)O)cc4)c3n2)cc1.O=C1CCCOc2ccc(cc2)-n2cnc3cnc(nc32)Nc2ccc(cc2)OCCCN1. The van der Waals surface area contributed by atoms with Crippen molar-refractivity contribution in [2.75, 3.05) is 50.2 Å². The molecule has 3 aliphatic rings. The van der Waals surface area contributed by atoms with Crippen molar-refractivity contribution in [2.45, 2.75) is 38.5 Å². The second-order valence-electron chi connectivity index (χ2n) is 15.2. The minimum Gasteiger partial charge on any atom is -0.494 e. The lowest BCUT2D eigenvalue weighted by Gasteiger charge is -2.09. The summed E-state index contributed by atoms with van der Waals surface area (Å²) >= 11 is 0. The molecule has 19 nitrogen and oxygen atoms in total. The molecule has 0 radical (unpaired) electrons. The third kappa shape index (κ3) is 13.3. The van der Waals surface area contributed by atoms with E-state index in [0.29, 0.717) is 98.8 Å². The Balaban J connectivity index is 0.000000198. The predicted molar refractivity (Wildman–Crippen MR) is 259 cm³/mol. The number of rotatable bonds is 12. The summed E-state index contributed by atoms with van der Waals surface area (Å²) in [5.74, 6) is 3.09. The second-order valence-corrected chi connectivity index (χ2v) is 15.2. The van der Waals surface area contributed by atoms with E-state index in [1.807, 2.05) is 106 Å². The maximum absolute atomic E-state index is 12.0. The molecule has 0 saturated carbocycles. The average molecular weight is 943 g/mol. The molecule has 6 bridgehead atoms. The number of carboxylic acids is 1. The van der Waals surface area contributed by atoms with E-state index in [2.05, 4.69) is 45.9 Å². The summed E-state index contributed by atoms with van der Waals surface area (Å²) in [6.45, 7) is 3.12. The van der Waals surface area contributed by atoms with Crippen LogP contribution in [-0.2, 0) is 9.59 Å². The Kier molecular flexibility index (Phi) is 16.9. The van der Waals surface area contributed by atoms with Gasteiger partial charge in [-0.1, -0.05) is 0 Å². The third-order valence-electron chi connectivity index (χ3n) is 10.2. The third-order valence-corrected chi connectivity index (χ3v) is 10.2. The number of carboxylic acid groups (broad SMARTS) is 1. The van der Waals surface area contributed by atoms with Crippen molar-refractivity contribution in [2.24, 2.45) is 5.73 Å². The number of nitrogens with one attached hydrogen (secondary N) is 3. The summed E-state index contributed by atoms with van der Waals surface area (Å²) in [7, 11) is 0. The van der Waals surface area contributed by atoms with E-state index >= 15 is 0 Å². The van der Waals surface area contributed by atoms with Gasteiger partial charge >= 0.3 is 5.97 Å². The normalized spacial score (nSPS) is 12.7. The van der Waals surface area contributed by atoms with Gasteiger partial charge in [-0.25, -0.2) is 19.9 Å². The Morgan fingerprint density at radius 1 is 0.721 bits per heavy atom. The molecular weight excluding hydrogens is 892 g/mol. The number of carbonyl (C=O) groups is 2. The molecule has 7 heterocycles. The zero-order valence-electron chi connectivity index (χ0n) is 37.0. The largest absolute Gasteiger partial charge is 0.494 e. The van der Waals surface area contributed by atoms with Gasteiger partial charge in [0.25, 0.3) is 0 Å². The molecule has 0 saturated heterocycles. The van der Waals surface area contributed by atoms with Crippen LogP contribution in [0.1, 0.15) is 38.5 Å². The number of amides is 1. The molecule has 352 valence electrons. The van der Waals surface area contributed by atoms with Crippen molar-refractivity contribution in [3.05, 3.63) is 122 Å². The van der Waals surface area contributed by atoms with Gasteiger partial charge in [0.05, 0.1) is 38.8 Å². The number of imidazole rings is 2. The van der Waals surface area contributed by atoms with Crippen molar-refractivity contribution in [3.8, 4) is 34.4 Å². The van der Waals surface area contributed by atoms with Crippen LogP contribution in [0.5, 0.6) is 23.0 Å². The fourth-order valence-corrected chi connectivity index (χ4v) is 6.74. The number of aromatic nitrogens is 8. The molecule has 8 aromatic rings. The monoisotopic (exact) mass is 942 g/mol. The first-order valence-corrected chi connectivity index (χ1v) is 21.9. The van der Waals surface area contributed by atoms with Gasteiger partial charge in [0.2, 0.25) is 17.8 Å². The number of hydrogen-bond acceptors (Lipinski definition) is 15. The van der Waals surface area contributed by atoms with Gasteiger partial charge in [-0.2, -0.15) is 9.97 Å². The molecule has 1 amide bonds. The molecule has 0 unspecified atom stereocenters. The predicted octanol–water partition coefficient (Wildman–Crippen LogP) is 7.57. The standard InChI is InChI=1S/C24H26N6O4.C24H24N6O3.ClH/c25-12-2-14-34-19-8-4-17(5-9-19)28-24-26-15-21-23(29-24)30(16-27-21)18-6-10-20(11-7-18)33-13-1-3-22(31)32;31-22-3-1-13-32-20-10-6-18(7-11-20)30-16-27-21-15-26-24(29-23(21)30)28-17-4-8-19(9-5-17)33-14-2-12-25-22;/h4-11,15-16H,1-3,12-14,25H2,(H,31,32)(H,26,28,29);4-11,15-16H,1-3,12-14H2,(H,25,31)(H,26,28,29);1H. The Morgan fingerprint density at radius 3 is 1.94 bits per heavy atom. The van der Waals surface area contributed by atoms with Crippen LogP contribution in [0.2, 0.25) is 0 Å². The number of aliphatic carboxylic acids is 1. The zero-order chi connectivity index (χ0) is 46.2. The fraction of sp³-hybridized carbons (Fsp3) is 0.250. The number of anilines is 4. The molecule has 68 heavy (non-hydrogen) atoms. The number of carbonyl (C=O) groups excluding carboxylic acids is 1. The van der Waals surface area contributed by atoms with Crippen molar-refractivity contribution < 1.29 is 33.6 Å². The van der Waals surface area contributed by atoms with Gasteiger partial charge in [-0.05, 0) is 129 Å². The summed E-state index contributed by atoms with van der Waals surface area (Å²) in [5.41, 5.74) is 11.7. The molecule has 4 aromatic heterocycles. The highest BCUT2D eigenvalue weighted by Gasteiger charge is 2.12. The summed E-state index contributed by atoms with van der Waals surface area (Å²) in [6.07, 6.45) is 9.96. The molecule has 0 atom stereocenters. The van der Waals surface area contributed by atoms with Crippen molar-refractivity contribution in [3.63, 3.8) is 0 Å². The summed E-state index contributed by atoms with van der Waals surface area (Å²) < 4.78 is 26.5. The van der Waals surface area contributed by atoms with Crippen LogP contribution in [-0.4, -0.2) is 95.5 Å². The highest BCUT2D eigenvalue weighted by molar-refractivity contribution is 5.85. The summed E-state index contributed by atoms with van der Waals surface area (Å²) in [6, 6.07) is 30.3. The van der Waals surface area contributed by atoms with Crippen molar-refractivity contribution >= 4 is 69.9 Å². The van der Waals surface area contributed by atoms with Crippen LogP contribution in [0.3, 0.4) is 0 Å². The Morgan fingerprint density at radius 2 is 1.29 bits per heavy atom. The van der Waals surface area contributed by atoms with Crippen LogP contribution >= 0.6 is 12.4 Å². The van der Waals surface area contributed by atoms with Gasteiger partial charge < -0.3 is 45.7 Å². The lowest BCUT2D eigenvalue weighted by Crippen LogP contribution is -2.25. The van der Waals surface area contributed by atoms with Gasteiger partial charge in [-0.15, -0.1) is 12.4 Å².